The molecule has 0 amide bonds. The van der Waals surface area contributed by atoms with Gasteiger partial charge in [0.05, 0.1) is 6.10 Å². The van der Waals surface area contributed by atoms with E-state index in [0.29, 0.717) is 11.1 Å². The van der Waals surface area contributed by atoms with Crippen molar-refractivity contribution in [1.29, 1.82) is 0 Å². The lowest BCUT2D eigenvalue weighted by atomic mass is 10.1. The van der Waals surface area contributed by atoms with Crippen molar-refractivity contribution in [2.24, 2.45) is 0 Å². The zero-order valence-corrected chi connectivity index (χ0v) is 13.0. The lowest BCUT2D eigenvalue weighted by Crippen LogP contribution is -2.24. The molecule has 4 heteroatoms. The fourth-order valence-corrected chi connectivity index (χ4v) is 3.42. The molecule has 0 spiro atoms. The molecule has 1 aromatic heterocycles. The number of halogens is 1. The molecule has 0 radical (unpaired) electrons. The first-order valence-corrected chi connectivity index (χ1v) is 8.22. The fourth-order valence-electron chi connectivity index (χ4n) is 2.43. The van der Waals surface area contributed by atoms with Gasteiger partial charge in [0.1, 0.15) is 0 Å². The molecule has 1 aliphatic carbocycles. The highest BCUT2D eigenvalue weighted by atomic mass is 35.5. The Hall–Kier alpha value is -1.03. The van der Waals surface area contributed by atoms with Crippen LogP contribution in [0.5, 0.6) is 0 Å². The van der Waals surface area contributed by atoms with Crippen LogP contribution in [0.1, 0.15) is 37.0 Å². The molecule has 1 N–H and O–H groups in total. The Bertz CT molecular complexity index is 578. The van der Waals surface area contributed by atoms with Gasteiger partial charge in [-0.15, -0.1) is 0 Å². The molecule has 1 unspecified atom stereocenters. The lowest BCUT2D eigenvalue weighted by molar-refractivity contribution is 0.199. The van der Waals surface area contributed by atoms with Gasteiger partial charge in [-0.05, 0) is 59.9 Å². The second-order valence-corrected chi connectivity index (χ2v) is 6.56. The van der Waals surface area contributed by atoms with Gasteiger partial charge in [0.25, 0.3) is 0 Å². The molecule has 2 aromatic rings. The summed E-state index contributed by atoms with van der Waals surface area (Å²) in [6.45, 7) is 2.67. The van der Waals surface area contributed by atoms with Crippen LogP contribution < -0.4 is 4.90 Å². The van der Waals surface area contributed by atoms with Crippen LogP contribution in [0, 0.1) is 0 Å². The molecule has 1 heterocycles. The number of hydrogen-bond donors (Lipinski definition) is 1. The minimum absolute atomic E-state index is 0.525. The molecule has 0 saturated heterocycles. The molecule has 0 bridgehead atoms. The Labute approximate surface area is 128 Å². The molecule has 1 saturated carbocycles. The topological polar surface area (TPSA) is 23.5 Å². The predicted octanol–water partition coefficient (Wildman–Crippen LogP) is 4.62. The number of nitrogens with zero attached hydrogens (tertiary/aromatic N) is 1. The maximum absolute atomic E-state index is 9.67. The number of rotatable bonds is 5. The van der Waals surface area contributed by atoms with Crippen molar-refractivity contribution < 1.29 is 5.11 Å². The molecule has 106 valence electrons. The Morgan fingerprint density at radius 3 is 2.75 bits per heavy atom. The average Bonchev–Trinajstić information content (AvgIpc) is 3.12. The minimum atomic E-state index is -0.525. The van der Waals surface area contributed by atoms with E-state index in [1.54, 1.807) is 18.3 Å². The standard InChI is InChI=1S/C16H18ClNOS/c1-11(19)15-5-4-14(8-16(15)17)18(13-2-3-13)9-12-6-7-20-10-12/h4-8,10-11,13,19H,2-3,9H2,1H3. The third-order valence-corrected chi connectivity index (χ3v) is 4.75. The highest BCUT2D eigenvalue weighted by Gasteiger charge is 2.29. The second kappa shape index (κ2) is 5.76. The van der Waals surface area contributed by atoms with E-state index in [1.165, 1.54) is 18.4 Å². The normalized spacial score (nSPS) is 16.1. The van der Waals surface area contributed by atoms with Crippen molar-refractivity contribution in [3.05, 3.63) is 51.2 Å². The number of aliphatic hydroxyl groups is 1. The second-order valence-electron chi connectivity index (χ2n) is 5.37. The molecular weight excluding hydrogens is 290 g/mol. The molecule has 0 aliphatic heterocycles. The van der Waals surface area contributed by atoms with Crippen molar-refractivity contribution in [2.45, 2.75) is 38.5 Å². The summed E-state index contributed by atoms with van der Waals surface area (Å²) in [5, 5.41) is 14.6. The van der Waals surface area contributed by atoms with E-state index in [1.807, 2.05) is 12.1 Å². The first kappa shape index (κ1) is 13.9. The third-order valence-electron chi connectivity index (χ3n) is 3.69. The summed E-state index contributed by atoms with van der Waals surface area (Å²) in [5.41, 5.74) is 3.28. The first-order chi connectivity index (χ1) is 9.65. The Kier molecular flexibility index (Phi) is 4.01. The Morgan fingerprint density at radius 1 is 1.40 bits per heavy atom. The van der Waals surface area contributed by atoms with Gasteiger partial charge in [0.2, 0.25) is 0 Å². The number of hydrogen-bond acceptors (Lipinski definition) is 3. The maximum Gasteiger partial charge on any atom is 0.0776 e. The highest BCUT2D eigenvalue weighted by molar-refractivity contribution is 7.07. The van der Waals surface area contributed by atoms with Crippen LogP contribution >= 0.6 is 22.9 Å². The molecule has 2 nitrogen and oxygen atoms in total. The third kappa shape index (κ3) is 3.00. The van der Waals surface area contributed by atoms with E-state index in [9.17, 15) is 5.11 Å². The van der Waals surface area contributed by atoms with Crippen LogP contribution in [0.15, 0.2) is 35.0 Å². The van der Waals surface area contributed by atoms with Crippen LogP contribution in [-0.4, -0.2) is 11.1 Å². The van der Waals surface area contributed by atoms with Gasteiger partial charge in [-0.1, -0.05) is 17.7 Å². The highest BCUT2D eigenvalue weighted by Crippen LogP contribution is 2.36. The number of thiophene rings is 1. The molecule has 1 atom stereocenters. The molecule has 1 aliphatic rings. The molecular formula is C16H18ClNOS. The van der Waals surface area contributed by atoms with E-state index >= 15 is 0 Å². The average molecular weight is 308 g/mol. The van der Waals surface area contributed by atoms with Crippen molar-refractivity contribution in [1.82, 2.24) is 0 Å². The van der Waals surface area contributed by atoms with Crippen LogP contribution in [0.4, 0.5) is 5.69 Å². The van der Waals surface area contributed by atoms with E-state index < -0.39 is 6.10 Å². The fraction of sp³-hybridized carbons (Fsp3) is 0.375. The molecule has 20 heavy (non-hydrogen) atoms. The summed E-state index contributed by atoms with van der Waals surface area (Å²) in [4.78, 5) is 2.42. The van der Waals surface area contributed by atoms with Gasteiger partial charge in [-0.2, -0.15) is 11.3 Å². The van der Waals surface area contributed by atoms with Crippen LogP contribution in [-0.2, 0) is 6.54 Å². The van der Waals surface area contributed by atoms with E-state index in [-0.39, 0.29) is 0 Å². The van der Waals surface area contributed by atoms with Crippen LogP contribution in [0.2, 0.25) is 5.02 Å². The van der Waals surface area contributed by atoms with Gasteiger partial charge in [0, 0.05) is 23.3 Å². The van der Waals surface area contributed by atoms with Crippen molar-refractivity contribution in [3.8, 4) is 0 Å². The summed E-state index contributed by atoms with van der Waals surface area (Å²) in [7, 11) is 0. The number of benzene rings is 1. The van der Waals surface area contributed by atoms with E-state index in [4.69, 9.17) is 11.6 Å². The number of anilines is 1. The van der Waals surface area contributed by atoms with Crippen LogP contribution in [0.25, 0.3) is 0 Å². The van der Waals surface area contributed by atoms with Gasteiger partial charge in [-0.25, -0.2) is 0 Å². The summed E-state index contributed by atoms with van der Waals surface area (Å²) >= 11 is 8.02. The predicted molar refractivity (Wildman–Crippen MR) is 85.6 cm³/mol. The zero-order chi connectivity index (χ0) is 14.1. The van der Waals surface area contributed by atoms with Crippen molar-refractivity contribution in [2.75, 3.05) is 4.90 Å². The monoisotopic (exact) mass is 307 g/mol. The Balaban J connectivity index is 1.86. The molecule has 3 rings (SSSR count). The van der Waals surface area contributed by atoms with E-state index in [2.05, 4.69) is 27.8 Å². The van der Waals surface area contributed by atoms with Gasteiger partial charge in [-0.3, -0.25) is 0 Å². The smallest absolute Gasteiger partial charge is 0.0776 e. The quantitative estimate of drug-likeness (QED) is 0.871. The van der Waals surface area contributed by atoms with Gasteiger partial charge in [0.15, 0.2) is 0 Å². The largest absolute Gasteiger partial charge is 0.389 e. The Morgan fingerprint density at radius 2 is 2.20 bits per heavy atom. The van der Waals surface area contributed by atoms with Crippen molar-refractivity contribution >= 4 is 28.6 Å². The van der Waals surface area contributed by atoms with Gasteiger partial charge >= 0.3 is 0 Å². The molecule has 1 aromatic carbocycles. The van der Waals surface area contributed by atoms with Crippen LogP contribution in [0.3, 0.4) is 0 Å². The summed E-state index contributed by atoms with van der Waals surface area (Å²) in [5.74, 6) is 0. The zero-order valence-electron chi connectivity index (χ0n) is 11.4. The summed E-state index contributed by atoms with van der Waals surface area (Å²) in [6.07, 6.45) is 1.97. The van der Waals surface area contributed by atoms with Crippen molar-refractivity contribution in [3.63, 3.8) is 0 Å². The van der Waals surface area contributed by atoms with E-state index in [0.717, 1.165) is 17.8 Å². The summed E-state index contributed by atoms with van der Waals surface area (Å²) < 4.78 is 0. The lowest BCUT2D eigenvalue weighted by Gasteiger charge is -2.25. The van der Waals surface area contributed by atoms with Gasteiger partial charge < -0.3 is 10.0 Å². The maximum atomic E-state index is 9.67. The molecule has 1 fully saturated rings. The first-order valence-electron chi connectivity index (χ1n) is 6.90. The number of aliphatic hydroxyl groups excluding tert-OH is 1. The minimum Gasteiger partial charge on any atom is -0.389 e. The summed E-state index contributed by atoms with van der Waals surface area (Å²) in [6, 6.07) is 8.78. The SMILES string of the molecule is CC(O)c1ccc(N(Cc2ccsc2)C2CC2)cc1Cl.